The lowest BCUT2D eigenvalue weighted by Gasteiger charge is -2.23. The van der Waals surface area contributed by atoms with Gasteiger partial charge >= 0.3 is 0 Å². The molecule has 0 bridgehead atoms. The number of halogens is 1. The van der Waals surface area contributed by atoms with Crippen molar-refractivity contribution in [2.75, 3.05) is 39.8 Å². The van der Waals surface area contributed by atoms with Crippen LogP contribution >= 0.6 is 11.6 Å². The molecule has 0 aliphatic carbocycles. The molecule has 1 N–H and O–H groups in total. The van der Waals surface area contributed by atoms with Crippen molar-refractivity contribution in [1.82, 2.24) is 9.80 Å². The van der Waals surface area contributed by atoms with Crippen LogP contribution in [-0.4, -0.2) is 66.8 Å². The Balaban J connectivity index is 1.67. The highest BCUT2D eigenvalue weighted by atomic mass is 35.5. The molecule has 2 atom stereocenters. The third-order valence-electron chi connectivity index (χ3n) is 4.08. The maximum atomic E-state index is 11.3. The molecule has 0 spiro atoms. The van der Waals surface area contributed by atoms with Gasteiger partial charge in [0.25, 0.3) is 0 Å². The van der Waals surface area contributed by atoms with E-state index in [-0.39, 0.29) is 12.5 Å². The van der Waals surface area contributed by atoms with E-state index in [2.05, 4.69) is 4.90 Å². The Morgan fingerprint density at radius 2 is 2.17 bits per heavy atom. The molecule has 0 aromatic heterocycles. The molecule has 128 valence electrons. The summed E-state index contributed by atoms with van der Waals surface area (Å²) in [6.45, 7) is 4.94. The van der Waals surface area contributed by atoms with E-state index < -0.39 is 6.10 Å². The van der Waals surface area contributed by atoms with E-state index >= 15 is 0 Å². The third-order valence-corrected chi connectivity index (χ3v) is 4.33. The number of amides is 1. The molecular formula is C17H25ClN2O3. The topological polar surface area (TPSA) is 53.0 Å². The summed E-state index contributed by atoms with van der Waals surface area (Å²) in [5.41, 5.74) is 0. The van der Waals surface area contributed by atoms with Crippen molar-refractivity contribution in [2.24, 2.45) is 5.92 Å². The second kappa shape index (κ2) is 8.52. The molecule has 2 unspecified atom stereocenters. The van der Waals surface area contributed by atoms with Crippen LogP contribution in [-0.2, 0) is 4.79 Å². The van der Waals surface area contributed by atoms with Crippen molar-refractivity contribution in [1.29, 1.82) is 0 Å². The second-order valence-corrected chi connectivity index (χ2v) is 6.70. The zero-order valence-electron chi connectivity index (χ0n) is 13.7. The summed E-state index contributed by atoms with van der Waals surface area (Å²) in [6, 6.07) is 7.09. The minimum atomic E-state index is -0.555. The number of carbonyl (C=O) groups is 1. The summed E-state index contributed by atoms with van der Waals surface area (Å²) in [5, 5.41) is 10.8. The van der Waals surface area contributed by atoms with Crippen molar-refractivity contribution in [2.45, 2.75) is 19.4 Å². The third kappa shape index (κ3) is 6.01. The fourth-order valence-electron chi connectivity index (χ4n) is 2.92. The first-order valence-electron chi connectivity index (χ1n) is 7.94. The summed E-state index contributed by atoms with van der Waals surface area (Å²) < 4.78 is 5.55. The highest BCUT2D eigenvalue weighted by Crippen LogP contribution is 2.18. The lowest BCUT2D eigenvalue weighted by molar-refractivity contribution is -0.127. The van der Waals surface area contributed by atoms with Crippen LogP contribution in [0.4, 0.5) is 0 Å². The number of rotatable bonds is 7. The van der Waals surface area contributed by atoms with Crippen LogP contribution in [0.1, 0.15) is 13.3 Å². The summed E-state index contributed by atoms with van der Waals surface area (Å²) in [6.07, 6.45) is 0.474. The minimum absolute atomic E-state index is 0.145. The van der Waals surface area contributed by atoms with E-state index in [1.165, 1.54) is 0 Å². The first kappa shape index (κ1) is 18.0. The number of hydrogen-bond donors (Lipinski definition) is 1. The largest absolute Gasteiger partial charge is 0.491 e. The van der Waals surface area contributed by atoms with Crippen LogP contribution in [0.5, 0.6) is 5.75 Å². The second-order valence-electron chi connectivity index (χ2n) is 6.26. The van der Waals surface area contributed by atoms with E-state index in [9.17, 15) is 9.90 Å². The molecule has 6 heteroatoms. The molecule has 0 saturated carbocycles. The molecule has 5 nitrogen and oxygen atoms in total. The highest BCUT2D eigenvalue weighted by Gasteiger charge is 2.25. The summed E-state index contributed by atoms with van der Waals surface area (Å²) >= 11 is 5.82. The first-order chi connectivity index (χ1) is 10.9. The standard InChI is InChI=1S/C17H25ClN2O3/c1-13(21)20-8-7-14(10-20)9-19(2)11-16(22)12-23-17-5-3-15(18)4-6-17/h3-6,14,16,22H,7-12H2,1-2H3. The van der Waals surface area contributed by atoms with E-state index in [0.717, 1.165) is 26.1 Å². The van der Waals surface area contributed by atoms with Gasteiger partial charge in [-0.15, -0.1) is 0 Å². The van der Waals surface area contributed by atoms with Crippen LogP contribution in [0.25, 0.3) is 0 Å². The van der Waals surface area contributed by atoms with E-state index in [4.69, 9.17) is 16.3 Å². The predicted molar refractivity (Wildman–Crippen MR) is 90.8 cm³/mol. The molecule has 1 aromatic carbocycles. The number of likely N-dealkylation sites (N-methyl/N-ethyl adjacent to an activating group) is 1. The van der Waals surface area contributed by atoms with Crippen molar-refractivity contribution in [3.63, 3.8) is 0 Å². The van der Waals surface area contributed by atoms with Gasteiger partial charge in [-0.05, 0) is 43.7 Å². The Morgan fingerprint density at radius 3 is 2.78 bits per heavy atom. The van der Waals surface area contributed by atoms with Gasteiger partial charge in [-0.1, -0.05) is 11.6 Å². The molecule has 1 saturated heterocycles. The van der Waals surface area contributed by atoms with Gasteiger partial charge in [-0.2, -0.15) is 0 Å². The molecule has 0 radical (unpaired) electrons. The van der Waals surface area contributed by atoms with Gasteiger partial charge in [0.2, 0.25) is 5.91 Å². The Labute approximate surface area is 142 Å². The summed E-state index contributed by atoms with van der Waals surface area (Å²) in [7, 11) is 1.99. The fourth-order valence-corrected chi connectivity index (χ4v) is 3.04. The van der Waals surface area contributed by atoms with Crippen molar-refractivity contribution < 1.29 is 14.6 Å². The van der Waals surface area contributed by atoms with E-state index in [0.29, 0.717) is 23.2 Å². The Hall–Kier alpha value is -1.30. The SMILES string of the molecule is CC(=O)N1CCC(CN(C)CC(O)COc2ccc(Cl)cc2)C1. The van der Waals surface area contributed by atoms with Crippen LogP contribution in [0, 0.1) is 5.92 Å². The average molecular weight is 341 g/mol. The average Bonchev–Trinajstić information content (AvgIpc) is 2.95. The highest BCUT2D eigenvalue weighted by molar-refractivity contribution is 6.30. The van der Waals surface area contributed by atoms with Gasteiger partial charge in [0.1, 0.15) is 18.5 Å². The van der Waals surface area contributed by atoms with Crippen molar-refractivity contribution >= 4 is 17.5 Å². The van der Waals surface area contributed by atoms with E-state index in [1.54, 1.807) is 31.2 Å². The zero-order chi connectivity index (χ0) is 16.8. The molecule has 1 fully saturated rings. The summed E-state index contributed by atoms with van der Waals surface area (Å²) in [4.78, 5) is 15.3. The number of aliphatic hydroxyl groups excluding tert-OH is 1. The van der Waals surface area contributed by atoms with Crippen LogP contribution < -0.4 is 4.74 Å². The van der Waals surface area contributed by atoms with Gasteiger partial charge in [-0.25, -0.2) is 0 Å². The van der Waals surface area contributed by atoms with Gasteiger partial charge < -0.3 is 19.6 Å². The molecule has 1 aliphatic heterocycles. The van der Waals surface area contributed by atoms with E-state index in [1.807, 2.05) is 11.9 Å². The first-order valence-corrected chi connectivity index (χ1v) is 8.32. The lowest BCUT2D eigenvalue weighted by Crippen LogP contribution is -2.36. The zero-order valence-corrected chi connectivity index (χ0v) is 14.5. The maximum absolute atomic E-state index is 11.3. The number of ether oxygens (including phenoxy) is 1. The Morgan fingerprint density at radius 1 is 1.48 bits per heavy atom. The molecule has 2 rings (SSSR count). The molecule has 1 aliphatic rings. The quantitative estimate of drug-likeness (QED) is 0.823. The molecule has 23 heavy (non-hydrogen) atoms. The molecular weight excluding hydrogens is 316 g/mol. The van der Waals surface area contributed by atoms with Crippen LogP contribution in [0.15, 0.2) is 24.3 Å². The number of benzene rings is 1. The Bertz CT molecular complexity index is 509. The predicted octanol–water partition coefficient (Wildman–Crippen LogP) is 1.88. The lowest BCUT2D eigenvalue weighted by atomic mass is 10.1. The number of likely N-dealkylation sites (tertiary alicyclic amines) is 1. The molecule has 1 heterocycles. The van der Waals surface area contributed by atoms with Crippen molar-refractivity contribution in [3.05, 3.63) is 29.3 Å². The van der Waals surface area contributed by atoms with Gasteiger partial charge in [-0.3, -0.25) is 4.79 Å². The number of hydrogen-bond acceptors (Lipinski definition) is 4. The van der Waals surface area contributed by atoms with Crippen LogP contribution in [0.2, 0.25) is 5.02 Å². The van der Waals surface area contributed by atoms with Crippen molar-refractivity contribution in [3.8, 4) is 5.75 Å². The number of carbonyl (C=O) groups excluding carboxylic acids is 1. The smallest absolute Gasteiger partial charge is 0.219 e. The number of aliphatic hydroxyl groups is 1. The van der Waals surface area contributed by atoms with Gasteiger partial charge in [0.15, 0.2) is 0 Å². The monoisotopic (exact) mass is 340 g/mol. The number of nitrogens with zero attached hydrogens (tertiary/aromatic N) is 2. The van der Waals surface area contributed by atoms with Crippen LogP contribution in [0.3, 0.4) is 0 Å². The summed E-state index contributed by atoms with van der Waals surface area (Å²) in [5.74, 6) is 1.32. The fraction of sp³-hybridized carbons (Fsp3) is 0.588. The normalized spacial score (nSPS) is 19.2. The molecule has 1 amide bonds. The van der Waals surface area contributed by atoms with Gasteiger partial charge in [0, 0.05) is 38.1 Å². The maximum Gasteiger partial charge on any atom is 0.219 e. The Kier molecular flexibility index (Phi) is 6.69. The molecule has 1 aromatic rings. The van der Waals surface area contributed by atoms with Gasteiger partial charge in [0.05, 0.1) is 0 Å². The minimum Gasteiger partial charge on any atom is -0.491 e.